The predicted molar refractivity (Wildman–Crippen MR) is 110 cm³/mol. The highest BCUT2D eigenvalue weighted by molar-refractivity contribution is 5.79. The molecule has 1 fully saturated rings. The molecular formula is C23H26N4O2. The van der Waals surface area contributed by atoms with Gasteiger partial charge in [0.2, 0.25) is 5.91 Å². The second-order valence-corrected chi connectivity index (χ2v) is 7.74. The molecule has 1 aliphatic rings. The summed E-state index contributed by atoms with van der Waals surface area (Å²) in [5.41, 5.74) is 3.18. The lowest BCUT2D eigenvalue weighted by Gasteiger charge is -2.33. The van der Waals surface area contributed by atoms with Crippen LogP contribution in [0.4, 0.5) is 0 Å². The number of aromatic nitrogens is 3. The van der Waals surface area contributed by atoms with Crippen molar-refractivity contribution < 1.29 is 9.32 Å². The van der Waals surface area contributed by atoms with E-state index in [1.165, 1.54) is 5.56 Å². The van der Waals surface area contributed by atoms with Crippen LogP contribution in [0.25, 0.3) is 11.5 Å². The summed E-state index contributed by atoms with van der Waals surface area (Å²) in [5.74, 6) is 1.96. The topological polar surface area (TPSA) is 72.1 Å². The molecule has 0 aliphatic carbocycles. The lowest BCUT2D eigenvalue weighted by Crippen LogP contribution is -2.40. The lowest BCUT2D eigenvalue weighted by atomic mass is 9.92. The van der Waals surface area contributed by atoms with Gasteiger partial charge in [0, 0.05) is 37.5 Å². The molecule has 0 N–H and O–H groups in total. The molecule has 3 heterocycles. The molecule has 4 rings (SSSR count). The zero-order valence-corrected chi connectivity index (χ0v) is 16.8. The Morgan fingerprint density at radius 3 is 2.86 bits per heavy atom. The molecule has 0 spiro atoms. The number of aryl methyl sites for hydroxylation is 2. The summed E-state index contributed by atoms with van der Waals surface area (Å²) >= 11 is 0. The van der Waals surface area contributed by atoms with Gasteiger partial charge in [0.25, 0.3) is 5.89 Å². The lowest BCUT2D eigenvalue weighted by molar-refractivity contribution is -0.132. The fourth-order valence-corrected chi connectivity index (χ4v) is 3.91. The first-order valence-electron chi connectivity index (χ1n) is 10.2. The Balaban J connectivity index is 1.31. The number of likely N-dealkylation sites (tertiary alicyclic amines) is 1. The van der Waals surface area contributed by atoms with Gasteiger partial charge in [-0.2, -0.15) is 4.98 Å². The van der Waals surface area contributed by atoms with Crippen molar-refractivity contribution in [3.8, 4) is 11.5 Å². The van der Waals surface area contributed by atoms with Gasteiger partial charge in [-0.25, -0.2) is 0 Å². The first kappa shape index (κ1) is 19.3. The number of benzene rings is 1. The van der Waals surface area contributed by atoms with E-state index in [1.807, 2.05) is 35.2 Å². The van der Waals surface area contributed by atoms with Crippen molar-refractivity contribution in [2.75, 3.05) is 13.1 Å². The molecular weight excluding hydrogens is 364 g/mol. The summed E-state index contributed by atoms with van der Waals surface area (Å²) in [6.45, 7) is 3.74. The summed E-state index contributed by atoms with van der Waals surface area (Å²) in [4.78, 5) is 23.3. The third-order valence-corrected chi connectivity index (χ3v) is 5.65. The number of carbonyl (C=O) groups is 1. The van der Waals surface area contributed by atoms with Gasteiger partial charge < -0.3 is 9.42 Å². The summed E-state index contributed by atoms with van der Waals surface area (Å²) in [5, 5.41) is 4.11. The van der Waals surface area contributed by atoms with Gasteiger partial charge in [0.15, 0.2) is 5.82 Å². The van der Waals surface area contributed by atoms with Gasteiger partial charge in [-0.3, -0.25) is 9.78 Å². The van der Waals surface area contributed by atoms with Crippen LogP contribution < -0.4 is 0 Å². The number of hydrogen-bond donors (Lipinski definition) is 0. The largest absolute Gasteiger partial charge is 0.342 e. The van der Waals surface area contributed by atoms with Gasteiger partial charge in [-0.15, -0.1) is 0 Å². The van der Waals surface area contributed by atoms with Crippen LogP contribution >= 0.6 is 0 Å². The maximum Gasteiger partial charge on any atom is 0.258 e. The normalized spacial score (nSPS) is 16.7. The van der Waals surface area contributed by atoms with Crippen LogP contribution in [0.3, 0.4) is 0 Å². The van der Waals surface area contributed by atoms with Crippen LogP contribution in [0.5, 0.6) is 0 Å². The second-order valence-electron chi connectivity index (χ2n) is 7.74. The molecule has 29 heavy (non-hydrogen) atoms. The summed E-state index contributed by atoms with van der Waals surface area (Å²) < 4.78 is 5.37. The Morgan fingerprint density at radius 2 is 2.03 bits per heavy atom. The highest BCUT2D eigenvalue weighted by atomic mass is 16.5. The first-order valence-corrected chi connectivity index (χ1v) is 10.2. The number of nitrogens with zero attached hydrogens (tertiary/aromatic N) is 4. The fourth-order valence-electron chi connectivity index (χ4n) is 3.91. The van der Waals surface area contributed by atoms with E-state index in [4.69, 9.17) is 4.52 Å². The number of amides is 1. The van der Waals surface area contributed by atoms with Gasteiger partial charge in [-0.05, 0) is 55.4 Å². The zero-order chi connectivity index (χ0) is 20.1. The van der Waals surface area contributed by atoms with Crippen LogP contribution in [0, 0.1) is 12.8 Å². The van der Waals surface area contributed by atoms with Crippen molar-refractivity contribution in [1.29, 1.82) is 0 Å². The monoisotopic (exact) mass is 390 g/mol. The highest BCUT2D eigenvalue weighted by Gasteiger charge is 2.24. The quantitative estimate of drug-likeness (QED) is 0.639. The SMILES string of the molecule is Cc1ccccc1CC(=O)N1CCCC(CCc2noc(-c3ccncc3)n2)C1. The average molecular weight is 390 g/mol. The van der Waals surface area contributed by atoms with Gasteiger partial charge in [0.1, 0.15) is 0 Å². The minimum atomic E-state index is 0.225. The molecule has 2 aromatic heterocycles. The Bertz CT molecular complexity index is 954. The summed E-state index contributed by atoms with van der Waals surface area (Å²) in [6, 6.07) is 11.8. The molecule has 0 saturated carbocycles. The van der Waals surface area contributed by atoms with E-state index < -0.39 is 0 Å². The minimum absolute atomic E-state index is 0.225. The predicted octanol–water partition coefficient (Wildman–Crippen LogP) is 3.85. The Hall–Kier alpha value is -3.02. The fraction of sp³-hybridized carbons (Fsp3) is 0.391. The van der Waals surface area contributed by atoms with Crippen molar-refractivity contribution in [1.82, 2.24) is 20.0 Å². The van der Waals surface area contributed by atoms with Crippen LogP contribution in [0.1, 0.15) is 36.2 Å². The molecule has 1 amide bonds. The molecule has 150 valence electrons. The van der Waals surface area contributed by atoms with Crippen molar-refractivity contribution in [2.45, 2.75) is 39.0 Å². The van der Waals surface area contributed by atoms with Crippen molar-refractivity contribution >= 4 is 5.91 Å². The van der Waals surface area contributed by atoms with Crippen molar-refractivity contribution in [3.63, 3.8) is 0 Å². The molecule has 1 aliphatic heterocycles. The average Bonchev–Trinajstić information content (AvgIpc) is 3.24. The number of piperidine rings is 1. The van der Waals surface area contributed by atoms with Crippen LogP contribution in [0.15, 0.2) is 53.3 Å². The molecule has 1 atom stereocenters. The second kappa shape index (κ2) is 8.99. The molecule has 6 nitrogen and oxygen atoms in total. The van der Waals surface area contributed by atoms with E-state index in [1.54, 1.807) is 12.4 Å². The van der Waals surface area contributed by atoms with E-state index in [0.29, 0.717) is 18.2 Å². The van der Waals surface area contributed by atoms with E-state index in [0.717, 1.165) is 55.7 Å². The minimum Gasteiger partial charge on any atom is -0.342 e. The third kappa shape index (κ3) is 4.88. The maximum atomic E-state index is 12.8. The van der Waals surface area contributed by atoms with E-state index >= 15 is 0 Å². The van der Waals surface area contributed by atoms with E-state index in [-0.39, 0.29) is 5.91 Å². The van der Waals surface area contributed by atoms with Crippen LogP contribution in [-0.2, 0) is 17.6 Å². The maximum absolute atomic E-state index is 12.8. The number of rotatable bonds is 6. The van der Waals surface area contributed by atoms with E-state index in [9.17, 15) is 4.79 Å². The highest BCUT2D eigenvalue weighted by Crippen LogP contribution is 2.23. The molecule has 3 aromatic rings. The smallest absolute Gasteiger partial charge is 0.258 e. The molecule has 0 bridgehead atoms. The van der Waals surface area contributed by atoms with Gasteiger partial charge >= 0.3 is 0 Å². The van der Waals surface area contributed by atoms with Crippen LogP contribution in [-0.4, -0.2) is 39.0 Å². The molecule has 1 aromatic carbocycles. The number of pyridine rings is 1. The third-order valence-electron chi connectivity index (χ3n) is 5.65. The van der Waals surface area contributed by atoms with Crippen molar-refractivity contribution in [3.05, 3.63) is 65.7 Å². The number of hydrogen-bond acceptors (Lipinski definition) is 5. The van der Waals surface area contributed by atoms with Gasteiger partial charge in [-0.1, -0.05) is 29.4 Å². The summed E-state index contributed by atoms with van der Waals surface area (Å²) in [6.07, 6.45) is 7.83. The Morgan fingerprint density at radius 1 is 1.21 bits per heavy atom. The van der Waals surface area contributed by atoms with Crippen LogP contribution in [0.2, 0.25) is 0 Å². The van der Waals surface area contributed by atoms with E-state index in [2.05, 4.69) is 28.1 Å². The molecule has 0 radical (unpaired) electrons. The van der Waals surface area contributed by atoms with Gasteiger partial charge in [0.05, 0.1) is 6.42 Å². The number of carbonyl (C=O) groups excluding carboxylic acids is 1. The van der Waals surface area contributed by atoms with Crippen molar-refractivity contribution in [2.24, 2.45) is 5.92 Å². The first-order chi connectivity index (χ1) is 14.2. The zero-order valence-electron chi connectivity index (χ0n) is 16.8. The standard InChI is InChI=1S/C23H26N4O2/c1-17-5-2-3-7-20(17)15-22(28)27-14-4-6-18(16-27)8-9-21-25-23(29-26-21)19-10-12-24-13-11-19/h2-3,5,7,10-13,18H,4,6,8-9,14-16H2,1H3. The molecule has 1 unspecified atom stereocenters. The Kier molecular flexibility index (Phi) is 5.98. The summed E-state index contributed by atoms with van der Waals surface area (Å²) in [7, 11) is 0. The molecule has 6 heteroatoms. The molecule has 1 saturated heterocycles. The Labute approximate surface area is 171 Å².